The Morgan fingerprint density at radius 3 is 2.52 bits per heavy atom. The summed E-state index contributed by atoms with van der Waals surface area (Å²) in [6.45, 7) is 8.43. The van der Waals surface area contributed by atoms with Crippen molar-refractivity contribution < 1.29 is 9.90 Å². The third kappa shape index (κ3) is 6.28. The van der Waals surface area contributed by atoms with E-state index in [1.807, 2.05) is 19.9 Å². The minimum atomic E-state index is -1.08. The first-order valence-electron chi connectivity index (χ1n) is 9.16. The Hall–Kier alpha value is -1.11. The fraction of sp³-hybridized carbons (Fsp3) is 0.684. The van der Waals surface area contributed by atoms with Crippen LogP contribution in [0, 0.1) is 11.8 Å². The Labute approximate surface area is 155 Å². The summed E-state index contributed by atoms with van der Waals surface area (Å²) in [7, 11) is 0. The minimum absolute atomic E-state index is 0.274. The van der Waals surface area contributed by atoms with Crippen LogP contribution in [0.3, 0.4) is 0 Å². The lowest BCUT2D eigenvalue weighted by atomic mass is 10.0. The number of hydrogen-bond acceptors (Lipinski definition) is 5. The number of nitrogens with zero attached hydrogens (tertiary/aromatic N) is 1. The van der Waals surface area contributed by atoms with E-state index in [1.165, 1.54) is 18.4 Å². The fourth-order valence-electron chi connectivity index (χ4n) is 2.68. The van der Waals surface area contributed by atoms with Crippen molar-refractivity contribution in [1.29, 1.82) is 0 Å². The van der Waals surface area contributed by atoms with Gasteiger partial charge in [0.1, 0.15) is 16.9 Å². The van der Waals surface area contributed by atoms with Crippen molar-refractivity contribution in [3.8, 4) is 0 Å². The van der Waals surface area contributed by atoms with E-state index in [4.69, 9.17) is 5.73 Å². The van der Waals surface area contributed by atoms with E-state index in [1.54, 1.807) is 17.8 Å². The summed E-state index contributed by atoms with van der Waals surface area (Å²) in [6.07, 6.45) is 1.96. The van der Waals surface area contributed by atoms with E-state index in [-0.39, 0.29) is 5.91 Å². The van der Waals surface area contributed by atoms with Crippen LogP contribution in [-0.4, -0.2) is 34.0 Å². The molecule has 0 radical (unpaired) electrons. The third-order valence-corrected chi connectivity index (χ3v) is 5.58. The SMILES string of the molecule is CC(C)CSc1nc(C(=O)NC(CC(C)C)C(N)O)ccc1C1CC1. The summed E-state index contributed by atoms with van der Waals surface area (Å²) in [6, 6.07) is 3.36. The molecule has 2 atom stereocenters. The highest BCUT2D eigenvalue weighted by molar-refractivity contribution is 7.99. The molecule has 0 aromatic carbocycles. The highest BCUT2D eigenvalue weighted by atomic mass is 32.2. The number of carbonyl (C=O) groups excluding carboxylic acids is 1. The maximum absolute atomic E-state index is 12.6. The number of thioether (sulfide) groups is 1. The van der Waals surface area contributed by atoms with Crippen LogP contribution in [0.5, 0.6) is 0 Å². The van der Waals surface area contributed by atoms with Gasteiger partial charge in [-0.3, -0.25) is 4.79 Å². The van der Waals surface area contributed by atoms with Crippen molar-refractivity contribution in [2.75, 3.05) is 5.75 Å². The molecule has 4 N–H and O–H groups in total. The molecule has 1 saturated carbocycles. The lowest BCUT2D eigenvalue weighted by Crippen LogP contribution is -2.48. The van der Waals surface area contributed by atoms with E-state index < -0.39 is 12.3 Å². The molecule has 1 fully saturated rings. The lowest BCUT2D eigenvalue weighted by Gasteiger charge is -2.23. The molecule has 6 heteroatoms. The van der Waals surface area contributed by atoms with E-state index in [9.17, 15) is 9.90 Å². The van der Waals surface area contributed by atoms with Crippen LogP contribution in [0.15, 0.2) is 17.2 Å². The zero-order valence-electron chi connectivity index (χ0n) is 15.7. The summed E-state index contributed by atoms with van der Waals surface area (Å²) >= 11 is 1.73. The average molecular weight is 366 g/mol. The second-order valence-electron chi connectivity index (χ2n) is 7.77. The van der Waals surface area contributed by atoms with Gasteiger partial charge in [0.25, 0.3) is 5.91 Å². The maximum Gasteiger partial charge on any atom is 0.270 e. The van der Waals surface area contributed by atoms with Crippen molar-refractivity contribution in [3.05, 3.63) is 23.4 Å². The van der Waals surface area contributed by atoms with Crippen molar-refractivity contribution >= 4 is 17.7 Å². The Morgan fingerprint density at radius 1 is 1.32 bits per heavy atom. The zero-order valence-corrected chi connectivity index (χ0v) is 16.5. The summed E-state index contributed by atoms with van der Waals surface area (Å²) in [5, 5.41) is 13.5. The number of nitrogens with two attached hydrogens (primary N) is 1. The highest BCUT2D eigenvalue weighted by Crippen LogP contribution is 2.43. The molecule has 2 rings (SSSR count). The molecule has 0 spiro atoms. The summed E-state index contributed by atoms with van der Waals surface area (Å²) in [5.74, 6) is 2.20. The molecule has 1 amide bonds. The Balaban J connectivity index is 2.14. The molecule has 1 aliphatic rings. The number of aliphatic hydroxyl groups is 1. The normalized spacial score (nSPS) is 17.0. The van der Waals surface area contributed by atoms with Gasteiger partial charge in [-0.1, -0.05) is 33.8 Å². The summed E-state index contributed by atoms with van der Waals surface area (Å²) in [4.78, 5) is 17.2. The van der Waals surface area contributed by atoms with Gasteiger partial charge in [0, 0.05) is 5.75 Å². The smallest absolute Gasteiger partial charge is 0.270 e. The highest BCUT2D eigenvalue weighted by Gasteiger charge is 2.28. The molecule has 25 heavy (non-hydrogen) atoms. The van der Waals surface area contributed by atoms with E-state index in [0.717, 1.165) is 10.8 Å². The van der Waals surface area contributed by atoms with Gasteiger partial charge in [-0.05, 0) is 48.6 Å². The van der Waals surface area contributed by atoms with Crippen LogP contribution >= 0.6 is 11.8 Å². The molecule has 1 aliphatic carbocycles. The monoisotopic (exact) mass is 365 g/mol. The maximum atomic E-state index is 12.6. The second-order valence-corrected chi connectivity index (χ2v) is 8.78. The van der Waals surface area contributed by atoms with Crippen molar-refractivity contribution in [2.24, 2.45) is 17.6 Å². The van der Waals surface area contributed by atoms with Crippen LogP contribution in [0.25, 0.3) is 0 Å². The zero-order chi connectivity index (χ0) is 18.6. The minimum Gasteiger partial charge on any atom is -0.377 e. The molecule has 5 nitrogen and oxygen atoms in total. The first kappa shape index (κ1) is 20.2. The van der Waals surface area contributed by atoms with E-state index in [2.05, 4.69) is 24.1 Å². The summed E-state index contributed by atoms with van der Waals surface area (Å²) in [5.41, 5.74) is 7.27. The van der Waals surface area contributed by atoms with Gasteiger partial charge < -0.3 is 16.2 Å². The lowest BCUT2D eigenvalue weighted by molar-refractivity contribution is 0.0810. The number of pyridine rings is 1. The molecule has 2 unspecified atom stereocenters. The van der Waals surface area contributed by atoms with Gasteiger partial charge in [-0.2, -0.15) is 0 Å². The number of nitrogens with one attached hydrogen (secondary N) is 1. The number of hydrogen-bond donors (Lipinski definition) is 3. The molecule has 0 aliphatic heterocycles. The van der Waals surface area contributed by atoms with Crippen LogP contribution in [0.4, 0.5) is 0 Å². The molecule has 1 heterocycles. The van der Waals surface area contributed by atoms with Crippen molar-refractivity contribution in [2.45, 2.75) is 70.2 Å². The third-order valence-electron chi connectivity index (χ3n) is 4.15. The number of amides is 1. The molecular weight excluding hydrogens is 334 g/mol. The van der Waals surface area contributed by atoms with Crippen LogP contribution in [0.2, 0.25) is 0 Å². The predicted molar refractivity (Wildman–Crippen MR) is 103 cm³/mol. The Bertz CT molecular complexity index is 586. The molecule has 1 aromatic heterocycles. The van der Waals surface area contributed by atoms with Crippen LogP contribution in [0.1, 0.15) is 68.9 Å². The number of rotatable bonds is 9. The molecule has 1 aromatic rings. The van der Waals surface area contributed by atoms with Crippen molar-refractivity contribution in [1.82, 2.24) is 10.3 Å². The standard InChI is InChI=1S/C19H31N3O2S/c1-11(2)9-16(17(20)23)21-18(24)15-8-7-14(13-5-6-13)19(22-15)25-10-12(3)4/h7-8,11-13,16-17,23H,5-6,9-10,20H2,1-4H3,(H,21,24). The number of carbonyl (C=O) groups is 1. The quantitative estimate of drug-likeness (QED) is 0.462. The Morgan fingerprint density at radius 2 is 2.00 bits per heavy atom. The molecule has 140 valence electrons. The van der Waals surface area contributed by atoms with Gasteiger partial charge in [0.2, 0.25) is 0 Å². The van der Waals surface area contributed by atoms with Gasteiger partial charge in [-0.15, -0.1) is 11.8 Å². The Kier molecular flexibility index (Phi) is 7.28. The second kappa shape index (κ2) is 9.01. The number of aromatic nitrogens is 1. The van der Waals surface area contributed by atoms with Crippen molar-refractivity contribution in [3.63, 3.8) is 0 Å². The largest absolute Gasteiger partial charge is 0.377 e. The van der Waals surface area contributed by atoms with Gasteiger partial charge in [0.15, 0.2) is 0 Å². The first-order chi connectivity index (χ1) is 11.8. The van der Waals surface area contributed by atoms with E-state index in [0.29, 0.717) is 29.9 Å². The van der Waals surface area contributed by atoms with Crippen LogP contribution in [-0.2, 0) is 0 Å². The number of aliphatic hydroxyl groups excluding tert-OH is 1. The van der Waals surface area contributed by atoms with Gasteiger partial charge in [0.05, 0.1) is 6.04 Å². The molecular formula is C19H31N3O2S. The molecule has 0 bridgehead atoms. The predicted octanol–water partition coefficient (Wildman–Crippen LogP) is 3.13. The van der Waals surface area contributed by atoms with Gasteiger partial charge in [-0.25, -0.2) is 4.98 Å². The topological polar surface area (TPSA) is 88.2 Å². The average Bonchev–Trinajstić information content (AvgIpc) is 3.36. The van der Waals surface area contributed by atoms with Crippen LogP contribution < -0.4 is 11.1 Å². The molecule has 0 saturated heterocycles. The summed E-state index contributed by atoms with van der Waals surface area (Å²) < 4.78 is 0. The van der Waals surface area contributed by atoms with E-state index >= 15 is 0 Å². The first-order valence-corrected chi connectivity index (χ1v) is 10.1. The van der Waals surface area contributed by atoms with Gasteiger partial charge >= 0.3 is 0 Å². The fourth-order valence-corrected chi connectivity index (χ4v) is 3.73.